The lowest BCUT2D eigenvalue weighted by molar-refractivity contribution is 0.102. The Kier molecular flexibility index (Phi) is 7.61. The van der Waals surface area contributed by atoms with Crippen LogP contribution in [0.25, 0.3) is 0 Å². The van der Waals surface area contributed by atoms with Gasteiger partial charge in [-0.25, -0.2) is 22.8 Å². The zero-order valence-electron chi connectivity index (χ0n) is 19.2. The van der Waals surface area contributed by atoms with E-state index in [0.29, 0.717) is 36.5 Å². The standard InChI is InChI=1S/C24H32FN3O4S/c1-31-10-7-17-13-26-24(27-14-17)28-8-5-18(6-9-28)22-11-20(22)16-32-15-19-3-4-21(12-23(19)25)33(2,29)30/h3-4,12-14,18,20,22H,5-11,15-16H2,1-2H3. The van der Waals surface area contributed by atoms with Crippen LogP contribution >= 0.6 is 0 Å². The Bertz CT molecular complexity index is 1040. The molecular formula is C24H32FN3O4S. The van der Waals surface area contributed by atoms with Gasteiger partial charge in [0.25, 0.3) is 0 Å². The average molecular weight is 478 g/mol. The second-order valence-electron chi connectivity index (χ2n) is 9.16. The van der Waals surface area contributed by atoms with Crippen LogP contribution in [0.5, 0.6) is 0 Å². The lowest BCUT2D eigenvalue weighted by Crippen LogP contribution is -2.35. The van der Waals surface area contributed by atoms with Gasteiger partial charge in [0, 0.05) is 44.4 Å². The summed E-state index contributed by atoms with van der Waals surface area (Å²) in [6.07, 6.45) is 9.07. The Balaban J connectivity index is 1.18. The molecular weight excluding hydrogens is 445 g/mol. The normalized spacial score (nSPS) is 21.4. The molecule has 2 atom stereocenters. The summed E-state index contributed by atoms with van der Waals surface area (Å²) in [7, 11) is -1.72. The molecule has 1 saturated carbocycles. The molecule has 0 spiro atoms. The maximum atomic E-state index is 14.2. The summed E-state index contributed by atoms with van der Waals surface area (Å²) in [5, 5.41) is 0. The minimum atomic E-state index is -3.41. The molecule has 2 aromatic rings. The number of piperidine rings is 1. The highest BCUT2D eigenvalue weighted by atomic mass is 32.2. The monoisotopic (exact) mass is 477 g/mol. The molecule has 0 radical (unpaired) electrons. The summed E-state index contributed by atoms with van der Waals surface area (Å²) in [4.78, 5) is 11.3. The smallest absolute Gasteiger partial charge is 0.225 e. The second kappa shape index (κ2) is 10.4. The van der Waals surface area contributed by atoms with Gasteiger partial charge >= 0.3 is 0 Å². The number of aromatic nitrogens is 2. The van der Waals surface area contributed by atoms with E-state index < -0.39 is 15.7 Å². The molecule has 1 saturated heterocycles. The van der Waals surface area contributed by atoms with Crippen LogP contribution in [0.15, 0.2) is 35.5 Å². The first-order chi connectivity index (χ1) is 15.8. The fourth-order valence-electron chi connectivity index (χ4n) is 4.62. The van der Waals surface area contributed by atoms with Crippen molar-refractivity contribution < 1.29 is 22.3 Å². The number of anilines is 1. The van der Waals surface area contributed by atoms with Crippen LogP contribution in [0.4, 0.5) is 10.3 Å². The number of rotatable bonds is 10. The Morgan fingerprint density at radius 2 is 1.91 bits per heavy atom. The van der Waals surface area contributed by atoms with Gasteiger partial charge in [0.1, 0.15) is 5.82 Å². The highest BCUT2D eigenvalue weighted by Crippen LogP contribution is 2.48. The lowest BCUT2D eigenvalue weighted by atomic mass is 9.91. The Hall–Kier alpha value is -2.10. The summed E-state index contributed by atoms with van der Waals surface area (Å²) in [5.41, 5.74) is 1.48. The van der Waals surface area contributed by atoms with Crippen molar-refractivity contribution in [2.75, 3.05) is 44.6 Å². The Morgan fingerprint density at radius 1 is 1.18 bits per heavy atom. The average Bonchev–Trinajstić information content (AvgIpc) is 3.58. The van der Waals surface area contributed by atoms with Crippen LogP contribution in [0.1, 0.15) is 30.4 Å². The maximum absolute atomic E-state index is 14.2. The van der Waals surface area contributed by atoms with Crippen molar-refractivity contribution in [1.82, 2.24) is 9.97 Å². The van der Waals surface area contributed by atoms with Gasteiger partial charge in [0.2, 0.25) is 5.95 Å². The lowest BCUT2D eigenvalue weighted by Gasteiger charge is -2.32. The SMILES string of the molecule is COCCc1cnc(N2CCC(C3CC3COCc3ccc(S(C)(=O)=O)cc3F)CC2)nc1. The highest BCUT2D eigenvalue weighted by molar-refractivity contribution is 7.90. The van der Waals surface area contributed by atoms with E-state index >= 15 is 0 Å². The predicted molar refractivity (Wildman–Crippen MR) is 123 cm³/mol. The number of ether oxygens (including phenoxy) is 2. The van der Waals surface area contributed by atoms with E-state index in [-0.39, 0.29) is 11.5 Å². The van der Waals surface area contributed by atoms with Crippen molar-refractivity contribution in [1.29, 1.82) is 0 Å². The molecule has 1 aliphatic carbocycles. The van der Waals surface area contributed by atoms with E-state index in [9.17, 15) is 12.8 Å². The van der Waals surface area contributed by atoms with Crippen LogP contribution in [0, 0.1) is 23.6 Å². The molecule has 1 aliphatic heterocycles. The van der Waals surface area contributed by atoms with Crippen LogP contribution in [-0.4, -0.2) is 58.1 Å². The number of halogens is 1. The first kappa shape index (κ1) is 24.0. The predicted octanol–water partition coefficient (Wildman–Crippen LogP) is 3.28. The van der Waals surface area contributed by atoms with Crippen molar-refractivity contribution in [2.45, 2.75) is 37.2 Å². The van der Waals surface area contributed by atoms with Crippen LogP contribution in [-0.2, 0) is 32.3 Å². The Labute approximate surface area is 195 Å². The van der Waals surface area contributed by atoms with Crippen molar-refractivity contribution in [3.8, 4) is 0 Å². The third-order valence-electron chi connectivity index (χ3n) is 6.73. The van der Waals surface area contributed by atoms with Crippen molar-refractivity contribution in [3.05, 3.63) is 47.5 Å². The molecule has 0 amide bonds. The zero-order chi connectivity index (χ0) is 23.4. The summed E-state index contributed by atoms with van der Waals surface area (Å²) < 4.78 is 48.1. The Morgan fingerprint density at radius 3 is 2.55 bits per heavy atom. The summed E-state index contributed by atoms with van der Waals surface area (Å²) in [6.45, 7) is 3.37. The quantitative estimate of drug-likeness (QED) is 0.519. The summed E-state index contributed by atoms with van der Waals surface area (Å²) in [6, 6.07) is 4.00. The van der Waals surface area contributed by atoms with Gasteiger partial charge in [-0.3, -0.25) is 0 Å². The van der Waals surface area contributed by atoms with Gasteiger partial charge in [0.15, 0.2) is 9.84 Å². The van der Waals surface area contributed by atoms with Crippen molar-refractivity contribution in [2.24, 2.45) is 17.8 Å². The van der Waals surface area contributed by atoms with Gasteiger partial charge in [-0.15, -0.1) is 0 Å². The van der Waals surface area contributed by atoms with E-state index in [0.717, 1.165) is 62.6 Å². The number of nitrogens with zero attached hydrogens (tertiary/aromatic N) is 3. The molecule has 7 nitrogen and oxygen atoms in total. The van der Waals surface area contributed by atoms with Crippen LogP contribution < -0.4 is 4.90 Å². The van der Waals surface area contributed by atoms with E-state index in [4.69, 9.17) is 9.47 Å². The molecule has 0 bridgehead atoms. The molecule has 4 rings (SSSR count). The first-order valence-electron chi connectivity index (χ1n) is 11.5. The third-order valence-corrected chi connectivity index (χ3v) is 7.84. The molecule has 0 N–H and O–H groups in total. The molecule has 2 fully saturated rings. The first-order valence-corrected chi connectivity index (χ1v) is 13.4. The number of hydrogen-bond acceptors (Lipinski definition) is 7. The molecule has 180 valence electrons. The molecule has 2 heterocycles. The minimum absolute atomic E-state index is 0.00946. The fourth-order valence-corrected chi connectivity index (χ4v) is 5.26. The van der Waals surface area contributed by atoms with Crippen LogP contribution in [0.2, 0.25) is 0 Å². The number of sulfone groups is 1. The number of benzene rings is 1. The topological polar surface area (TPSA) is 81.6 Å². The van der Waals surface area contributed by atoms with Gasteiger partial charge < -0.3 is 14.4 Å². The fraction of sp³-hybridized carbons (Fsp3) is 0.583. The number of methoxy groups -OCH3 is 1. The molecule has 1 aromatic carbocycles. The molecule has 2 unspecified atom stereocenters. The molecule has 33 heavy (non-hydrogen) atoms. The number of hydrogen-bond donors (Lipinski definition) is 0. The van der Waals surface area contributed by atoms with E-state index in [1.807, 2.05) is 12.4 Å². The zero-order valence-corrected chi connectivity index (χ0v) is 20.1. The van der Waals surface area contributed by atoms with Gasteiger partial charge in [-0.2, -0.15) is 0 Å². The molecule has 1 aromatic heterocycles. The van der Waals surface area contributed by atoms with Crippen molar-refractivity contribution in [3.63, 3.8) is 0 Å². The maximum Gasteiger partial charge on any atom is 0.225 e. The highest BCUT2D eigenvalue weighted by Gasteiger charge is 2.43. The van der Waals surface area contributed by atoms with Gasteiger partial charge in [0.05, 0.1) is 24.7 Å². The third kappa shape index (κ3) is 6.28. The largest absolute Gasteiger partial charge is 0.384 e. The van der Waals surface area contributed by atoms with E-state index in [1.165, 1.54) is 12.1 Å². The van der Waals surface area contributed by atoms with E-state index in [2.05, 4.69) is 14.9 Å². The molecule has 2 aliphatic rings. The molecule has 9 heteroatoms. The van der Waals surface area contributed by atoms with Gasteiger partial charge in [-0.1, -0.05) is 6.07 Å². The minimum Gasteiger partial charge on any atom is -0.384 e. The van der Waals surface area contributed by atoms with Crippen molar-refractivity contribution >= 4 is 15.8 Å². The van der Waals surface area contributed by atoms with E-state index in [1.54, 1.807) is 7.11 Å². The van der Waals surface area contributed by atoms with Crippen LogP contribution in [0.3, 0.4) is 0 Å². The second-order valence-corrected chi connectivity index (χ2v) is 11.2. The summed E-state index contributed by atoms with van der Waals surface area (Å²) >= 11 is 0. The summed E-state index contributed by atoms with van der Waals surface area (Å²) in [5.74, 6) is 2.14. The van der Waals surface area contributed by atoms with Gasteiger partial charge in [-0.05, 0) is 61.1 Å².